The van der Waals surface area contributed by atoms with Crippen LogP contribution in [0.1, 0.15) is 6.92 Å². The van der Waals surface area contributed by atoms with Crippen LogP contribution in [0.15, 0.2) is 47.4 Å². The molecule has 0 heterocycles. The van der Waals surface area contributed by atoms with Gasteiger partial charge in [0.05, 0.1) is 6.04 Å². The standard InChI is InChI=1S/C15H18N2OS/c1-2-17-14(15(16)18)10-19-13-8-7-11-5-3-4-6-12(11)9-13/h3-9,14,17H,2,10H2,1H3,(H2,16,18). The minimum atomic E-state index is -0.296. The van der Waals surface area contributed by atoms with E-state index >= 15 is 0 Å². The van der Waals surface area contributed by atoms with Crippen LogP contribution in [0, 0.1) is 0 Å². The number of nitrogens with one attached hydrogen (secondary N) is 1. The van der Waals surface area contributed by atoms with Crippen LogP contribution in [0.25, 0.3) is 10.8 Å². The van der Waals surface area contributed by atoms with Gasteiger partial charge in [-0.2, -0.15) is 0 Å². The third-order valence-corrected chi connectivity index (χ3v) is 4.02. The first-order valence-electron chi connectivity index (χ1n) is 6.35. The van der Waals surface area contributed by atoms with Gasteiger partial charge >= 0.3 is 0 Å². The van der Waals surface area contributed by atoms with Crippen LogP contribution in [-0.4, -0.2) is 24.2 Å². The molecule has 0 aliphatic rings. The van der Waals surface area contributed by atoms with Gasteiger partial charge in [-0.15, -0.1) is 11.8 Å². The number of rotatable bonds is 6. The molecule has 1 unspecified atom stereocenters. The van der Waals surface area contributed by atoms with E-state index in [2.05, 4.69) is 35.6 Å². The van der Waals surface area contributed by atoms with Crippen LogP contribution in [0.5, 0.6) is 0 Å². The number of likely N-dealkylation sites (N-methyl/N-ethyl adjacent to an activating group) is 1. The summed E-state index contributed by atoms with van der Waals surface area (Å²) in [6.07, 6.45) is 0. The maximum Gasteiger partial charge on any atom is 0.235 e. The number of amides is 1. The van der Waals surface area contributed by atoms with Gasteiger partial charge in [0.1, 0.15) is 0 Å². The Balaban J connectivity index is 2.06. The Morgan fingerprint density at radius 3 is 2.68 bits per heavy atom. The number of carbonyl (C=O) groups excluding carboxylic acids is 1. The second-order valence-electron chi connectivity index (χ2n) is 4.33. The molecule has 0 spiro atoms. The lowest BCUT2D eigenvalue weighted by atomic mass is 10.1. The minimum absolute atomic E-state index is 0.276. The van der Waals surface area contributed by atoms with Gasteiger partial charge in [-0.1, -0.05) is 37.3 Å². The summed E-state index contributed by atoms with van der Waals surface area (Å²) in [5.41, 5.74) is 5.36. The lowest BCUT2D eigenvalue weighted by molar-refractivity contribution is -0.119. The molecule has 2 aromatic rings. The summed E-state index contributed by atoms with van der Waals surface area (Å²) in [5, 5.41) is 5.54. The predicted molar refractivity (Wildman–Crippen MR) is 81.3 cm³/mol. The third-order valence-electron chi connectivity index (χ3n) is 2.93. The summed E-state index contributed by atoms with van der Waals surface area (Å²) in [4.78, 5) is 12.4. The molecule has 0 aromatic heterocycles. The SMILES string of the molecule is CCNC(CSc1ccc2ccccc2c1)C(N)=O. The van der Waals surface area contributed by atoms with Crippen LogP contribution in [0.3, 0.4) is 0 Å². The monoisotopic (exact) mass is 274 g/mol. The summed E-state index contributed by atoms with van der Waals surface area (Å²) in [6.45, 7) is 2.71. The largest absolute Gasteiger partial charge is 0.368 e. The van der Waals surface area contributed by atoms with Crippen LogP contribution in [0.2, 0.25) is 0 Å². The number of carbonyl (C=O) groups is 1. The van der Waals surface area contributed by atoms with Gasteiger partial charge in [0.2, 0.25) is 5.91 Å². The molecule has 4 heteroatoms. The van der Waals surface area contributed by atoms with Gasteiger partial charge in [-0.3, -0.25) is 4.79 Å². The van der Waals surface area contributed by atoms with Crippen molar-refractivity contribution in [2.45, 2.75) is 17.9 Å². The van der Waals surface area contributed by atoms with Crippen molar-refractivity contribution in [2.75, 3.05) is 12.3 Å². The highest BCUT2D eigenvalue weighted by Crippen LogP contribution is 2.24. The molecule has 0 bridgehead atoms. The van der Waals surface area contributed by atoms with E-state index in [4.69, 9.17) is 5.73 Å². The number of nitrogens with two attached hydrogens (primary N) is 1. The van der Waals surface area contributed by atoms with Crippen molar-refractivity contribution in [3.05, 3.63) is 42.5 Å². The Bertz CT molecular complexity index is 571. The van der Waals surface area contributed by atoms with Crippen molar-refractivity contribution in [2.24, 2.45) is 5.73 Å². The molecule has 3 nitrogen and oxygen atoms in total. The zero-order valence-electron chi connectivity index (χ0n) is 10.9. The topological polar surface area (TPSA) is 55.1 Å². The maximum absolute atomic E-state index is 11.3. The van der Waals surface area contributed by atoms with Crippen molar-refractivity contribution in [1.82, 2.24) is 5.32 Å². The number of fused-ring (bicyclic) bond motifs is 1. The molecule has 19 heavy (non-hydrogen) atoms. The quantitative estimate of drug-likeness (QED) is 0.795. The van der Waals surface area contributed by atoms with Gasteiger partial charge in [0.15, 0.2) is 0 Å². The average Bonchev–Trinajstić information content (AvgIpc) is 2.43. The van der Waals surface area contributed by atoms with E-state index in [1.54, 1.807) is 11.8 Å². The van der Waals surface area contributed by atoms with Gasteiger partial charge in [0, 0.05) is 10.6 Å². The van der Waals surface area contributed by atoms with Crippen molar-refractivity contribution >= 4 is 28.4 Å². The number of thioether (sulfide) groups is 1. The molecule has 0 aliphatic heterocycles. The molecule has 2 aromatic carbocycles. The van der Waals surface area contributed by atoms with Crippen molar-refractivity contribution < 1.29 is 4.79 Å². The molecule has 0 radical (unpaired) electrons. The van der Waals surface area contributed by atoms with Crippen molar-refractivity contribution in [3.8, 4) is 0 Å². The van der Waals surface area contributed by atoms with Gasteiger partial charge in [0.25, 0.3) is 0 Å². The number of hydrogen-bond acceptors (Lipinski definition) is 3. The smallest absolute Gasteiger partial charge is 0.235 e. The molecule has 2 rings (SSSR count). The third kappa shape index (κ3) is 3.72. The second-order valence-corrected chi connectivity index (χ2v) is 5.43. The van der Waals surface area contributed by atoms with Crippen molar-refractivity contribution in [1.29, 1.82) is 0 Å². The fourth-order valence-corrected chi connectivity index (χ4v) is 2.94. The van der Waals surface area contributed by atoms with Crippen molar-refractivity contribution in [3.63, 3.8) is 0 Å². The van der Waals surface area contributed by atoms with E-state index in [1.807, 2.05) is 19.1 Å². The zero-order chi connectivity index (χ0) is 13.7. The van der Waals surface area contributed by atoms with Crippen LogP contribution < -0.4 is 11.1 Å². The average molecular weight is 274 g/mol. The Hall–Kier alpha value is -1.52. The molecule has 1 atom stereocenters. The first-order chi connectivity index (χ1) is 9.20. The van der Waals surface area contributed by atoms with E-state index in [0.717, 1.165) is 11.4 Å². The lowest BCUT2D eigenvalue weighted by Crippen LogP contribution is -2.42. The maximum atomic E-state index is 11.3. The normalized spacial score (nSPS) is 12.5. The number of hydrogen-bond donors (Lipinski definition) is 2. The fourth-order valence-electron chi connectivity index (χ4n) is 1.92. The van der Waals surface area contributed by atoms with Crippen LogP contribution in [-0.2, 0) is 4.79 Å². The molecular formula is C15H18N2OS. The minimum Gasteiger partial charge on any atom is -0.368 e. The summed E-state index contributed by atoms with van der Waals surface area (Å²) in [6, 6.07) is 14.3. The Kier molecular flexibility index (Phi) is 4.82. The lowest BCUT2D eigenvalue weighted by Gasteiger charge is -2.13. The summed E-state index contributed by atoms with van der Waals surface area (Å²) >= 11 is 1.65. The van der Waals surface area contributed by atoms with E-state index in [1.165, 1.54) is 10.8 Å². The molecule has 3 N–H and O–H groups in total. The Morgan fingerprint density at radius 2 is 2.00 bits per heavy atom. The fraction of sp³-hybridized carbons (Fsp3) is 0.267. The predicted octanol–water partition coefficient (Wildman–Crippen LogP) is 2.40. The number of benzene rings is 2. The summed E-state index contributed by atoms with van der Waals surface area (Å²) < 4.78 is 0. The molecule has 100 valence electrons. The van der Waals surface area contributed by atoms with Crippen LogP contribution >= 0.6 is 11.8 Å². The van der Waals surface area contributed by atoms with E-state index in [9.17, 15) is 4.79 Å². The zero-order valence-corrected chi connectivity index (χ0v) is 11.7. The molecule has 0 saturated carbocycles. The van der Waals surface area contributed by atoms with E-state index in [-0.39, 0.29) is 11.9 Å². The van der Waals surface area contributed by atoms with Gasteiger partial charge in [-0.25, -0.2) is 0 Å². The molecule has 0 saturated heterocycles. The Morgan fingerprint density at radius 1 is 1.26 bits per heavy atom. The van der Waals surface area contributed by atoms with E-state index in [0.29, 0.717) is 5.75 Å². The van der Waals surface area contributed by atoms with E-state index < -0.39 is 0 Å². The highest BCUT2D eigenvalue weighted by atomic mass is 32.2. The molecule has 0 fully saturated rings. The molecule has 0 aliphatic carbocycles. The molecule has 1 amide bonds. The first-order valence-corrected chi connectivity index (χ1v) is 7.33. The second kappa shape index (κ2) is 6.59. The highest BCUT2D eigenvalue weighted by molar-refractivity contribution is 7.99. The Labute approximate surface area is 117 Å². The first kappa shape index (κ1) is 13.9. The van der Waals surface area contributed by atoms with Gasteiger partial charge in [-0.05, 0) is 29.4 Å². The molecular weight excluding hydrogens is 256 g/mol. The highest BCUT2D eigenvalue weighted by Gasteiger charge is 2.13. The summed E-state index contributed by atoms with van der Waals surface area (Å²) in [5.74, 6) is 0.358. The van der Waals surface area contributed by atoms with Crippen LogP contribution in [0.4, 0.5) is 0 Å². The van der Waals surface area contributed by atoms with Gasteiger partial charge < -0.3 is 11.1 Å². The number of primary amides is 1. The summed E-state index contributed by atoms with van der Waals surface area (Å²) in [7, 11) is 0.